The van der Waals surface area contributed by atoms with Gasteiger partial charge in [0, 0.05) is 36.9 Å². The van der Waals surface area contributed by atoms with Crippen LogP contribution < -0.4 is 10.6 Å². The molecule has 31 heavy (non-hydrogen) atoms. The van der Waals surface area contributed by atoms with Crippen molar-refractivity contribution < 1.29 is 0 Å². The van der Waals surface area contributed by atoms with E-state index in [4.69, 9.17) is 10.7 Å². The van der Waals surface area contributed by atoms with Gasteiger partial charge in [0.1, 0.15) is 11.6 Å². The number of H-pyrrole nitrogens is 1. The van der Waals surface area contributed by atoms with Gasteiger partial charge in [-0.2, -0.15) is 15.4 Å². The summed E-state index contributed by atoms with van der Waals surface area (Å²) in [5, 5.41) is 11.0. The average molecular weight is 413 g/mol. The molecule has 0 spiro atoms. The molecule has 0 saturated carbocycles. The van der Waals surface area contributed by atoms with E-state index in [9.17, 15) is 0 Å². The number of aromatic amines is 1. The maximum atomic E-state index is 5.71. The summed E-state index contributed by atoms with van der Waals surface area (Å²) in [4.78, 5) is 15.5. The summed E-state index contributed by atoms with van der Waals surface area (Å²) in [5.41, 5.74) is 10.4. The maximum Gasteiger partial charge on any atom is 0.219 e. The Morgan fingerprint density at radius 1 is 1.00 bits per heavy atom. The molecule has 1 saturated heterocycles. The van der Waals surface area contributed by atoms with E-state index in [1.54, 1.807) is 12.4 Å². The molecule has 0 unspecified atom stereocenters. The first-order valence-electron chi connectivity index (χ1n) is 10.4. The molecule has 1 fully saturated rings. The molecule has 9 nitrogen and oxygen atoms in total. The first-order chi connectivity index (χ1) is 15.1. The van der Waals surface area contributed by atoms with Gasteiger partial charge in [0.15, 0.2) is 0 Å². The number of nitrogens with zero attached hydrogens (tertiary/aromatic N) is 7. The molecule has 9 heteroatoms. The van der Waals surface area contributed by atoms with Gasteiger partial charge < -0.3 is 15.2 Å². The van der Waals surface area contributed by atoms with Crippen molar-refractivity contribution in [3.63, 3.8) is 0 Å². The zero-order valence-corrected chi connectivity index (χ0v) is 17.2. The summed E-state index contributed by atoms with van der Waals surface area (Å²) in [6.45, 7) is 3.95. The van der Waals surface area contributed by atoms with E-state index in [2.05, 4.69) is 66.0 Å². The molecule has 0 radical (unpaired) electrons. The lowest BCUT2D eigenvalue weighted by Gasteiger charge is -2.48. The van der Waals surface area contributed by atoms with E-state index in [1.165, 1.54) is 11.1 Å². The predicted molar refractivity (Wildman–Crippen MR) is 117 cm³/mol. The Morgan fingerprint density at radius 3 is 2.35 bits per heavy atom. The largest absolute Gasteiger partial charge is 0.368 e. The fraction of sp³-hybridized carbons (Fsp3) is 0.318. The lowest BCUT2D eigenvalue weighted by molar-refractivity contribution is 0.344. The third-order valence-corrected chi connectivity index (χ3v) is 6.54. The van der Waals surface area contributed by atoms with Crippen LogP contribution in [0.15, 0.2) is 49.1 Å². The maximum absolute atomic E-state index is 5.71. The predicted octanol–water partition coefficient (Wildman–Crippen LogP) is 2.16. The van der Waals surface area contributed by atoms with Gasteiger partial charge in [-0.15, -0.1) is 0 Å². The zero-order chi connectivity index (χ0) is 21.0. The lowest BCUT2D eigenvalue weighted by atomic mass is 9.79. The van der Waals surface area contributed by atoms with E-state index in [-0.39, 0.29) is 11.4 Å². The van der Waals surface area contributed by atoms with Crippen LogP contribution in [0.3, 0.4) is 0 Å². The van der Waals surface area contributed by atoms with Crippen LogP contribution in [0.4, 0.5) is 11.8 Å². The Morgan fingerprint density at radius 2 is 1.71 bits per heavy atom. The average Bonchev–Trinajstić information content (AvgIpc) is 3.50. The van der Waals surface area contributed by atoms with E-state index < -0.39 is 0 Å². The van der Waals surface area contributed by atoms with Crippen LogP contribution in [0, 0.1) is 0 Å². The smallest absolute Gasteiger partial charge is 0.219 e. The molecule has 156 valence electrons. The molecule has 1 aromatic carbocycles. The van der Waals surface area contributed by atoms with E-state index in [0.29, 0.717) is 6.04 Å². The van der Waals surface area contributed by atoms with Crippen molar-refractivity contribution in [3.8, 4) is 11.4 Å². The van der Waals surface area contributed by atoms with Gasteiger partial charge in [0.05, 0.1) is 23.7 Å². The molecule has 2 aliphatic rings. The highest BCUT2D eigenvalue weighted by Crippen LogP contribution is 2.41. The molecular weight excluding hydrogens is 390 g/mol. The first-order valence-corrected chi connectivity index (χ1v) is 10.4. The van der Waals surface area contributed by atoms with Gasteiger partial charge in [-0.3, -0.25) is 0 Å². The number of nitrogen functional groups attached to an aromatic ring is 1. The van der Waals surface area contributed by atoms with Crippen LogP contribution >= 0.6 is 0 Å². The molecule has 3 N–H and O–H groups in total. The number of aromatic nitrogens is 7. The normalized spacial score (nSPS) is 17.5. The second-order valence-electron chi connectivity index (χ2n) is 8.74. The van der Waals surface area contributed by atoms with Crippen LogP contribution in [-0.4, -0.2) is 48.0 Å². The van der Waals surface area contributed by atoms with Crippen molar-refractivity contribution in [3.05, 3.63) is 65.9 Å². The SMILES string of the molecule is CC1(c2cn[nH]n2)CN(c2cnc(-c3cnc(N)nc3)n2C2Cc3ccccc3C2)C1. The van der Waals surface area contributed by atoms with Crippen molar-refractivity contribution in [2.75, 3.05) is 23.7 Å². The van der Waals surface area contributed by atoms with Gasteiger partial charge in [-0.05, 0) is 24.0 Å². The molecule has 6 rings (SSSR count). The summed E-state index contributed by atoms with van der Waals surface area (Å²) in [7, 11) is 0. The summed E-state index contributed by atoms with van der Waals surface area (Å²) in [5.74, 6) is 2.26. The zero-order valence-electron chi connectivity index (χ0n) is 17.2. The standard InChI is InChI=1S/C22H23N9/c1-22(18-10-27-29-28-18)12-30(13-22)19-11-24-20(16-8-25-21(23)26-9-16)31(19)17-6-14-4-2-3-5-15(14)7-17/h2-5,8-11,17H,6-7,12-13H2,1H3,(H2,23,25,26)(H,27,28,29). The Bertz CT molecular complexity index is 1200. The molecular formula is C22H23N9. The lowest BCUT2D eigenvalue weighted by Crippen LogP contribution is -2.58. The molecule has 3 aromatic heterocycles. The monoisotopic (exact) mass is 413 g/mol. The quantitative estimate of drug-likeness (QED) is 0.527. The van der Waals surface area contributed by atoms with Crippen molar-refractivity contribution in [1.29, 1.82) is 0 Å². The molecule has 4 heterocycles. The van der Waals surface area contributed by atoms with Crippen LogP contribution in [-0.2, 0) is 18.3 Å². The van der Waals surface area contributed by atoms with Crippen molar-refractivity contribution in [1.82, 2.24) is 34.9 Å². The fourth-order valence-corrected chi connectivity index (χ4v) is 4.94. The number of rotatable bonds is 4. The number of benzene rings is 1. The minimum Gasteiger partial charge on any atom is -0.368 e. The number of nitrogens with two attached hydrogens (primary N) is 1. The summed E-state index contributed by atoms with van der Waals surface area (Å²) in [6, 6.07) is 8.97. The topological polar surface area (TPSA) is 114 Å². The number of fused-ring (bicyclic) bond motifs is 1. The number of hydrogen-bond acceptors (Lipinski definition) is 7. The molecule has 0 atom stereocenters. The fourth-order valence-electron chi connectivity index (χ4n) is 4.94. The molecule has 0 amide bonds. The number of hydrogen-bond donors (Lipinski definition) is 2. The van der Waals surface area contributed by atoms with E-state index in [0.717, 1.165) is 48.8 Å². The first kappa shape index (κ1) is 18.1. The Labute approximate surface area is 179 Å². The Balaban J connectivity index is 1.38. The molecule has 1 aliphatic carbocycles. The third kappa shape index (κ3) is 2.88. The van der Waals surface area contributed by atoms with Gasteiger partial charge >= 0.3 is 0 Å². The molecule has 0 bridgehead atoms. The highest BCUT2D eigenvalue weighted by Gasteiger charge is 2.44. The Hall–Kier alpha value is -3.75. The number of anilines is 2. The summed E-state index contributed by atoms with van der Waals surface area (Å²) >= 11 is 0. The summed E-state index contributed by atoms with van der Waals surface area (Å²) in [6.07, 6.45) is 9.26. The summed E-state index contributed by atoms with van der Waals surface area (Å²) < 4.78 is 2.36. The number of imidazole rings is 1. The molecule has 4 aromatic rings. The van der Waals surface area contributed by atoms with E-state index in [1.807, 2.05) is 12.4 Å². The third-order valence-electron chi connectivity index (χ3n) is 6.54. The van der Waals surface area contributed by atoms with Gasteiger partial charge in [-0.1, -0.05) is 31.2 Å². The highest BCUT2D eigenvalue weighted by molar-refractivity contribution is 5.61. The van der Waals surface area contributed by atoms with Crippen LogP contribution in [0.25, 0.3) is 11.4 Å². The minimum atomic E-state index is -0.0226. The second-order valence-corrected chi connectivity index (χ2v) is 8.74. The highest BCUT2D eigenvalue weighted by atomic mass is 15.4. The Kier molecular flexibility index (Phi) is 3.86. The van der Waals surface area contributed by atoms with E-state index >= 15 is 0 Å². The van der Waals surface area contributed by atoms with Crippen molar-refractivity contribution in [2.45, 2.75) is 31.2 Å². The van der Waals surface area contributed by atoms with Crippen molar-refractivity contribution in [2.24, 2.45) is 0 Å². The van der Waals surface area contributed by atoms with Gasteiger partial charge in [-0.25, -0.2) is 15.0 Å². The van der Waals surface area contributed by atoms with Crippen LogP contribution in [0.1, 0.15) is 29.8 Å². The van der Waals surface area contributed by atoms with Crippen molar-refractivity contribution >= 4 is 11.8 Å². The minimum absolute atomic E-state index is 0.0226. The van der Waals surface area contributed by atoms with Gasteiger partial charge in [0.25, 0.3) is 0 Å². The van der Waals surface area contributed by atoms with Gasteiger partial charge in [0.2, 0.25) is 5.95 Å². The molecule has 1 aliphatic heterocycles. The number of nitrogens with one attached hydrogen (secondary N) is 1. The van der Waals surface area contributed by atoms with Crippen LogP contribution in [0.5, 0.6) is 0 Å². The van der Waals surface area contributed by atoms with Crippen LogP contribution in [0.2, 0.25) is 0 Å². The second kappa shape index (κ2) is 6.63.